The first-order chi connectivity index (χ1) is 10.8. The van der Waals surface area contributed by atoms with Gasteiger partial charge in [-0.3, -0.25) is 9.89 Å². The van der Waals surface area contributed by atoms with Gasteiger partial charge in [0.05, 0.1) is 11.9 Å². The van der Waals surface area contributed by atoms with Crippen LogP contribution >= 0.6 is 0 Å². The number of ketones is 1. The normalized spacial score (nSPS) is 13.9. The van der Waals surface area contributed by atoms with Gasteiger partial charge in [-0.05, 0) is 17.5 Å². The zero-order valence-electron chi connectivity index (χ0n) is 12.2. The molecule has 2 aromatic carbocycles. The highest BCUT2D eigenvalue weighted by Crippen LogP contribution is 2.33. The Kier molecular flexibility index (Phi) is 3.11. The van der Waals surface area contributed by atoms with Crippen molar-refractivity contribution in [1.82, 2.24) is 10.2 Å². The Bertz CT molecular complexity index is 848. The van der Waals surface area contributed by atoms with Gasteiger partial charge in [0.1, 0.15) is 0 Å². The molecule has 0 aliphatic heterocycles. The second-order valence-corrected chi connectivity index (χ2v) is 5.68. The first-order valence-electron chi connectivity index (χ1n) is 7.54. The summed E-state index contributed by atoms with van der Waals surface area (Å²) in [5, 5.41) is 7.04. The van der Waals surface area contributed by atoms with Crippen LogP contribution in [0.15, 0.2) is 54.7 Å². The number of aryl methyl sites for hydroxylation is 1. The molecule has 0 spiro atoms. The van der Waals surface area contributed by atoms with E-state index < -0.39 is 0 Å². The third kappa shape index (κ3) is 2.15. The summed E-state index contributed by atoms with van der Waals surface area (Å²) in [5.41, 5.74) is 7.38. The van der Waals surface area contributed by atoms with Crippen LogP contribution in [0, 0.1) is 0 Å². The summed E-state index contributed by atoms with van der Waals surface area (Å²) in [5.74, 6) is 0.301. The Morgan fingerprint density at radius 1 is 0.818 bits per heavy atom. The number of carbonyl (C=O) groups is 1. The molecule has 0 radical (unpaired) electrons. The summed E-state index contributed by atoms with van der Waals surface area (Å²) in [7, 11) is 0. The van der Waals surface area contributed by atoms with Gasteiger partial charge in [-0.15, -0.1) is 0 Å². The molecule has 5 rings (SSSR count). The molecule has 0 unspecified atom stereocenters. The molecule has 3 heteroatoms. The minimum Gasteiger partial charge on any atom is -0.294 e. The number of aromatic nitrogens is 2. The summed E-state index contributed by atoms with van der Waals surface area (Å²) >= 11 is 0. The fraction of sp³-hybridized carbons (Fsp3) is 0.158. The maximum Gasteiger partial charge on any atom is 0.163 e. The summed E-state index contributed by atoms with van der Waals surface area (Å²) in [4.78, 5) is 11.1. The standard InChI is InChI=1S/C10H8N2.C9H8O/c1-2-4-9-7(3-1)5-8-6-11-12-10(8)9;10-9-6-5-7-3-1-2-4-8(7)9/h1-4,6H,5H2,(H,11,12);1-4H,5-6H2. The average molecular weight is 288 g/mol. The summed E-state index contributed by atoms with van der Waals surface area (Å²) in [6.07, 6.45) is 4.59. The molecular formula is C19H16N2O. The van der Waals surface area contributed by atoms with E-state index in [9.17, 15) is 4.79 Å². The molecule has 3 nitrogen and oxygen atoms in total. The van der Waals surface area contributed by atoms with E-state index in [0.717, 1.165) is 18.4 Å². The molecule has 0 atom stereocenters. The Morgan fingerprint density at radius 2 is 1.55 bits per heavy atom. The van der Waals surface area contributed by atoms with E-state index in [0.29, 0.717) is 12.2 Å². The Hall–Kier alpha value is -2.68. The van der Waals surface area contributed by atoms with E-state index in [1.165, 1.54) is 27.9 Å². The highest BCUT2D eigenvalue weighted by atomic mass is 16.1. The zero-order valence-corrected chi connectivity index (χ0v) is 12.2. The fourth-order valence-corrected chi connectivity index (χ4v) is 3.20. The third-order valence-corrected chi connectivity index (χ3v) is 4.32. The number of fused-ring (bicyclic) bond motifs is 4. The number of H-pyrrole nitrogens is 1. The lowest BCUT2D eigenvalue weighted by Crippen LogP contribution is -1.88. The van der Waals surface area contributed by atoms with E-state index in [2.05, 4.69) is 34.5 Å². The predicted molar refractivity (Wildman–Crippen MR) is 85.9 cm³/mol. The molecule has 0 amide bonds. The van der Waals surface area contributed by atoms with Gasteiger partial charge in [-0.25, -0.2) is 0 Å². The molecule has 2 aliphatic rings. The highest BCUT2D eigenvalue weighted by molar-refractivity contribution is 6.00. The monoisotopic (exact) mass is 288 g/mol. The number of Topliss-reactive ketones (excluding diaryl/α,β-unsaturated/α-hetero) is 1. The number of rotatable bonds is 0. The van der Waals surface area contributed by atoms with E-state index in [1.807, 2.05) is 30.5 Å². The van der Waals surface area contributed by atoms with Gasteiger partial charge in [0.25, 0.3) is 0 Å². The quantitative estimate of drug-likeness (QED) is 0.535. The van der Waals surface area contributed by atoms with Gasteiger partial charge >= 0.3 is 0 Å². The minimum absolute atomic E-state index is 0.301. The van der Waals surface area contributed by atoms with Crippen molar-refractivity contribution >= 4 is 5.78 Å². The number of benzene rings is 2. The molecular weight excluding hydrogens is 272 g/mol. The van der Waals surface area contributed by atoms with Crippen molar-refractivity contribution in [2.45, 2.75) is 19.3 Å². The van der Waals surface area contributed by atoms with E-state index >= 15 is 0 Å². The Labute approximate surface area is 129 Å². The minimum atomic E-state index is 0.301. The maximum atomic E-state index is 11.1. The van der Waals surface area contributed by atoms with Crippen LogP contribution < -0.4 is 0 Å². The largest absolute Gasteiger partial charge is 0.294 e. The summed E-state index contributed by atoms with van der Waals surface area (Å²) in [6, 6.07) is 16.3. The van der Waals surface area contributed by atoms with Crippen LogP contribution in [0.25, 0.3) is 11.3 Å². The van der Waals surface area contributed by atoms with Crippen LogP contribution in [0.5, 0.6) is 0 Å². The third-order valence-electron chi connectivity index (χ3n) is 4.32. The van der Waals surface area contributed by atoms with Crippen LogP contribution in [0.4, 0.5) is 0 Å². The second kappa shape index (κ2) is 5.26. The molecule has 0 saturated carbocycles. The molecule has 22 heavy (non-hydrogen) atoms. The van der Waals surface area contributed by atoms with Crippen molar-refractivity contribution in [2.24, 2.45) is 0 Å². The molecule has 1 N–H and O–H groups in total. The maximum absolute atomic E-state index is 11.1. The van der Waals surface area contributed by atoms with Gasteiger partial charge in [-0.2, -0.15) is 5.10 Å². The zero-order chi connectivity index (χ0) is 14.9. The topological polar surface area (TPSA) is 45.8 Å². The van der Waals surface area contributed by atoms with Gasteiger partial charge in [0.15, 0.2) is 5.78 Å². The molecule has 2 aliphatic carbocycles. The first-order valence-corrected chi connectivity index (χ1v) is 7.54. The summed E-state index contributed by atoms with van der Waals surface area (Å²) in [6.45, 7) is 0. The molecule has 0 bridgehead atoms. The van der Waals surface area contributed by atoms with Crippen molar-refractivity contribution in [1.29, 1.82) is 0 Å². The lowest BCUT2D eigenvalue weighted by atomic mass is 10.1. The van der Waals surface area contributed by atoms with Crippen LogP contribution in [0.3, 0.4) is 0 Å². The van der Waals surface area contributed by atoms with E-state index in [1.54, 1.807) is 0 Å². The highest BCUT2D eigenvalue weighted by Gasteiger charge is 2.18. The fourth-order valence-electron chi connectivity index (χ4n) is 3.20. The summed E-state index contributed by atoms with van der Waals surface area (Å²) < 4.78 is 0. The molecule has 1 heterocycles. The van der Waals surface area contributed by atoms with Gasteiger partial charge in [-0.1, -0.05) is 48.5 Å². The number of aromatic amines is 1. The smallest absolute Gasteiger partial charge is 0.163 e. The molecule has 108 valence electrons. The number of nitrogens with one attached hydrogen (secondary N) is 1. The first kappa shape index (κ1) is 13.0. The lowest BCUT2D eigenvalue weighted by Gasteiger charge is -1.95. The number of nitrogens with zero attached hydrogens (tertiary/aromatic N) is 1. The van der Waals surface area contributed by atoms with Gasteiger partial charge in [0.2, 0.25) is 0 Å². The van der Waals surface area contributed by atoms with Crippen molar-refractivity contribution in [3.05, 3.63) is 77.0 Å². The van der Waals surface area contributed by atoms with Crippen molar-refractivity contribution in [3.63, 3.8) is 0 Å². The predicted octanol–water partition coefficient (Wildman–Crippen LogP) is 3.80. The van der Waals surface area contributed by atoms with Crippen molar-refractivity contribution in [2.75, 3.05) is 0 Å². The number of carbonyl (C=O) groups excluding carboxylic acids is 1. The molecule has 1 aromatic heterocycles. The second-order valence-electron chi connectivity index (χ2n) is 5.68. The van der Waals surface area contributed by atoms with E-state index in [4.69, 9.17) is 0 Å². The molecule has 0 saturated heterocycles. The van der Waals surface area contributed by atoms with Crippen LogP contribution in [0.1, 0.15) is 33.5 Å². The number of hydrogen-bond donors (Lipinski definition) is 1. The van der Waals surface area contributed by atoms with Crippen LogP contribution in [-0.2, 0) is 12.8 Å². The van der Waals surface area contributed by atoms with Gasteiger partial charge in [0, 0.05) is 29.5 Å². The van der Waals surface area contributed by atoms with Gasteiger partial charge < -0.3 is 0 Å². The number of hydrogen-bond acceptors (Lipinski definition) is 2. The molecule has 0 fully saturated rings. The average Bonchev–Trinajstić information content (AvgIpc) is 3.23. The van der Waals surface area contributed by atoms with Crippen molar-refractivity contribution in [3.8, 4) is 11.3 Å². The SMILES string of the molecule is O=C1CCc2ccccc21.c1ccc2c(c1)Cc1cn[nH]c1-2. The lowest BCUT2D eigenvalue weighted by molar-refractivity contribution is 0.0994. The van der Waals surface area contributed by atoms with E-state index in [-0.39, 0.29) is 0 Å². The van der Waals surface area contributed by atoms with Crippen molar-refractivity contribution < 1.29 is 4.79 Å². The Balaban J connectivity index is 0.000000116. The van der Waals surface area contributed by atoms with Crippen LogP contribution in [-0.4, -0.2) is 16.0 Å². The molecule has 3 aromatic rings. The Morgan fingerprint density at radius 3 is 2.36 bits per heavy atom. The van der Waals surface area contributed by atoms with Crippen LogP contribution in [0.2, 0.25) is 0 Å².